The normalized spacial score (nSPS) is 16.4. The largest absolute Gasteiger partial charge is 0.370 e. The molecule has 0 saturated heterocycles. The van der Waals surface area contributed by atoms with E-state index in [1.165, 1.54) is 13.8 Å². The van der Waals surface area contributed by atoms with E-state index < -0.39 is 35.8 Å². The van der Waals surface area contributed by atoms with Crippen LogP contribution in [0.3, 0.4) is 0 Å². The SMILES string of the molecule is CC(NC(=O)C(CCCN=C(N)N)NC(=O)C(C)NC(=O)C1CC1)C(N)=O. The number of aliphatic imine (C=N–C) groups is 1. The van der Waals surface area contributed by atoms with E-state index in [1.807, 2.05) is 0 Å². The van der Waals surface area contributed by atoms with Crippen molar-refractivity contribution in [2.45, 2.75) is 57.7 Å². The number of primary amides is 1. The zero-order valence-corrected chi connectivity index (χ0v) is 15.7. The molecule has 0 aromatic rings. The number of carbonyl (C=O) groups is 4. The van der Waals surface area contributed by atoms with Gasteiger partial charge in [-0.1, -0.05) is 0 Å². The molecule has 0 aromatic heterocycles. The van der Waals surface area contributed by atoms with E-state index in [0.717, 1.165) is 12.8 Å². The van der Waals surface area contributed by atoms with Crippen molar-refractivity contribution < 1.29 is 19.2 Å². The Morgan fingerprint density at radius 1 is 0.963 bits per heavy atom. The molecule has 0 bridgehead atoms. The molecule has 0 aromatic carbocycles. The first-order chi connectivity index (χ1) is 12.6. The number of hydrogen-bond donors (Lipinski definition) is 6. The second-order valence-corrected chi connectivity index (χ2v) is 6.65. The molecule has 1 aliphatic carbocycles. The van der Waals surface area contributed by atoms with Gasteiger partial charge in [0.1, 0.15) is 18.1 Å². The summed E-state index contributed by atoms with van der Waals surface area (Å²) < 4.78 is 0. The number of nitrogens with zero attached hydrogens (tertiary/aromatic N) is 1. The fourth-order valence-electron chi connectivity index (χ4n) is 2.20. The maximum atomic E-state index is 12.4. The average Bonchev–Trinajstić information content (AvgIpc) is 3.41. The maximum absolute atomic E-state index is 12.4. The number of amides is 4. The molecular formula is C16H29N7O4. The second kappa shape index (κ2) is 10.3. The van der Waals surface area contributed by atoms with Gasteiger partial charge in [0.25, 0.3) is 0 Å². The lowest BCUT2D eigenvalue weighted by atomic mass is 10.1. The third-order valence-corrected chi connectivity index (χ3v) is 4.06. The van der Waals surface area contributed by atoms with Crippen molar-refractivity contribution >= 4 is 29.6 Å². The van der Waals surface area contributed by atoms with Crippen LogP contribution in [0.4, 0.5) is 0 Å². The average molecular weight is 383 g/mol. The van der Waals surface area contributed by atoms with E-state index in [2.05, 4.69) is 20.9 Å². The Morgan fingerprint density at radius 2 is 1.59 bits per heavy atom. The van der Waals surface area contributed by atoms with Crippen LogP contribution >= 0.6 is 0 Å². The molecule has 9 N–H and O–H groups in total. The zero-order chi connectivity index (χ0) is 20.6. The number of carbonyl (C=O) groups excluding carboxylic acids is 4. The molecular weight excluding hydrogens is 354 g/mol. The minimum absolute atomic E-state index is 0.0321. The molecule has 1 aliphatic rings. The van der Waals surface area contributed by atoms with Gasteiger partial charge in [-0.15, -0.1) is 0 Å². The summed E-state index contributed by atoms with van der Waals surface area (Å²) in [6, 6.07) is -2.60. The van der Waals surface area contributed by atoms with E-state index in [-0.39, 0.29) is 30.8 Å². The summed E-state index contributed by atoms with van der Waals surface area (Å²) in [7, 11) is 0. The molecule has 3 unspecified atom stereocenters. The van der Waals surface area contributed by atoms with E-state index in [1.54, 1.807) is 0 Å². The Hall–Kier alpha value is -2.85. The smallest absolute Gasteiger partial charge is 0.243 e. The fourth-order valence-corrected chi connectivity index (χ4v) is 2.20. The lowest BCUT2D eigenvalue weighted by molar-refractivity contribution is -0.133. The summed E-state index contributed by atoms with van der Waals surface area (Å²) in [6.45, 7) is 3.26. The maximum Gasteiger partial charge on any atom is 0.243 e. The van der Waals surface area contributed by atoms with Gasteiger partial charge in [-0.25, -0.2) is 0 Å². The second-order valence-electron chi connectivity index (χ2n) is 6.65. The van der Waals surface area contributed by atoms with Crippen LogP contribution in [0.25, 0.3) is 0 Å². The van der Waals surface area contributed by atoms with Crippen molar-refractivity contribution in [2.24, 2.45) is 28.1 Å². The van der Waals surface area contributed by atoms with Crippen molar-refractivity contribution in [3.63, 3.8) is 0 Å². The Kier molecular flexibility index (Phi) is 8.49. The molecule has 3 atom stereocenters. The van der Waals surface area contributed by atoms with Gasteiger partial charge in [0.05, 0.1) is 0 Å². The lowest BCUT2D eigenvalue weighted by Crippen LogP contribution is -2.55. The first-order valence-corrected chi connectivity index (χ1v) is 8.87. The monoisotopic (exact) mass is 383 g/mol. The Labute approximate surface area is 157 Å². The molecule has 0 heterocycles. The molecule has 11 heteroatoms. The van der Waals surface area contributed by atoms with Crippen LogP contribution in [0.1, 0.15) is 39.5 Å². The highest BCUT2D eigenvalue weighted by Gasteiger charge is 2.32. The van der Waals surface area contributed by atoms with Crippen LogP contribution in [0.2, 0.25) is 0 Å². The topological polar surface area (TPSA) is 195 Å². The van der Waals surface area contributed by atoms with Crippen LogP contribution < -0.4 is 33.2 Å². The first kappa shape index (κ1) is 22.2. The van der Waals surface area contributed by atoms with Gasteiger partial charge in [0, 0.05) is 12.5 Å². The molecule has 27 heavy (non-hydrogen) atoms. The number of nitrogens with two attached hydrogens (primary N) is 3. The van der Waals surface area contributed by atoms with Crippen LogP contribution in [0.15, 0.2) is 4.99 Å². The Balaban J connectivity index is 2.65. The van der Waals surface area contributed by atoms with Crippen LogP contribution in [-0.2, 0) is 19.2 Å². The van der Waals surface area contributed by atoms with Gasteiger partial charge >= 0.3 is 0 Å². The molecule has 0 spiro atoms. The van der Waals surface area contributed by atoms with Crippen molar-refractivity contribution in [2.75, 3.05) is 6.54 Å². The zero-order valence-electron chi connectivity index (χ0n) is 15.7. The lowest BCUT2D eigenvalue weighted by Gasteiger charge is -2.22. The summed E-state index contributed by atoms with van der Waals surface area (Å²) in [5.41, 5.74) is 15.6. The van der Waals surface area contributed by atoms with Crippen LogP contribution in [0.5, 0.6) is 0 Å². The first-order valence-electron chi connectivity index (χ1n) is 8.87. The predicted molar refractivity (Wildman–Crippen MR) is 99.0 cm³/mol. The van der Waals surface area contributed by atoms with E-state index in [4.69, 9.17) is 17.2 Å². The number of rotatable bonds is 11. The van der Waals surface area contributed by atoms with Gasteiger partial charge in [-0.2, -0.15) is 0 Å². The summed E-state index contributed by atoms with van der Waals surface area (Å²) >= 11 is 0. The van der Waals surface area contributed by atoms with E-state index in [9.17, 15) is 19.2 Å². The molecule has 1 fully saturated rings. The number of guanidine groups is 1. The highest BCUT2D eigenvalue weighted by Crippen LogP contribution is 2.28. The van der Waals surface area contributed by atoms with Crippen LogP contribution in [-0.4, -0.2) is 54.3 Å². The predicted octanol–water partition coefficient (Wildman–Crippen LogP) is -2.57. The van der Waals surface area contributed by atoms with Crippen molar-refractivity contribution in [3.05, 3.63) is 0 Å². The number of hydrogen-bond acceptors (Lipinski definition) is 5. The highest BCUT2D eigenvalue weighted by atomic mass is 16.2. The third kappa shape index (κ3) is 8.38. The van der Waals surface area contributed by atoms with E-state index in [0.29, 0.717) is 6.42 Å². The molecule has 11 nitrogen and oxygen atoms in total. The molecule has 0 radical (unpaired) electrons. The summed E-state index contributed by atoms with van der Waals surface area (Å²) in [4.78, 5) is 51.4. The molecule has 0 aliphatic heterocycles. The minimum Gasteiger partial charge on any atom is -0.370 e. The summed E-state index contributed by atoms with van der Waals surface area (Å²) in [5.74, 6) is -2.03. The fraction of sp³-hybridized carbons (Fsp3) is 0.688. The van der Waals surface area contributed by atoms with Crippen LogP contribution in [0, 0.1) is 5.92 Å². The van der Waals surface area contributed by atoms with Gasteiger partial charge < -0.3 is 33.2 Å². The van der Waals surface area contributed by atoms with Gasteiger partial charge in [-0.3, -0.25) is 24.2 Å². The van der Waals surface area contributed by atoms with Crippen molar-refractivity contribution in [1.82, 2.24) is 16.0 Å². The van der Waals surface area contributed by atoms with Crippen molar-refractivity contribution in [3.8, 4) is 0 Å². The Bertz CT molecular complexity index is 600. The Morgan fingerprint density at radius 3 is 2.11 bits per heavy atom. The van der Waals surface area contributed by atoms with Gasteiger partial charge in [-0.05, 0) is 39.5 Å². The standard InChI is InChI=1S/C16H29N7O4/c1-8(12(17)24)21-15(27)11(4-3-7-20-16(18)19)23-13(25)9(2)22-14(26)10-5-6-10/h8-11H,3-7H2,1-2H3,(H2,17,24)(H,21,27)(H,22,26)(H,23,25)(H4,18,19,20). The minimum atomic E-state index is -0.922. The van der Waals surface area contributed by atoms with Gasteiger partial charge in [0.15, 0.2) is 5.96 Å². The third-order valence-electron chi connectivity index (χ3n) is 4.06. The molecule has 1 saturated carbocycles. The van der Waals surface area contributed by atoms with Crippen molar-refractivity contribution in [1.29, 1.82) is 0 Å². The van der Waals surface area contributed by atoms with E-state index >= 15 is 0 Å². The quantitative estimate of drug-likeness (QED) is 0.129. The molecule has 4 amide bonds. The summed E-state index contributed by atoms with van der Waals surface area (Å²) in [5, 5.41) is 7.64. The van der Waals surface area contributed by atoms with Gasteiger partial charge in [0.2, 0.25) is 23.6 Å². The molecule has 1 rings (SSSR count). The highest BCUT2D eigenvalue weighted by molar-refractivity contribution is 5.94. The molecule has 152 valence electrons. The number of nitrogens with one attached hydrogen (secondary N) is 3. The summed E-state index contributed by atoms with van der Waals surface area (Å²) in [6.07, 6.45) is 2.30.